The molecule has 4 nitrogen and oxygen atoms in total. The van der Waals surface area contributed by atoms with E-state index in [0.717, 1.165) is 10.4 Å². The fraction of sp³-hybridized carbons (Fsp3) is 0.583. The molecule has 1 rings (SSSR count). The van der Waals surface area contributed by atoms with Crippen molar-refractivity contribution in [2.75, 3.05) is 0 Å². The first kappa shape index (κ1) is 14.2. The van der Waals surface area contributed by atoms with E-state index in [0.29, 0.717) is 17.8 Å². The van der Waals surface area contributed by atoms with E-state index < -0.39 is 5.97 Å². The van der Waals surface area contributed by atoms with Gasteiger partial charge in [-0.3, -0.25) is 0 Å². The van der Waals surface area contributed by atoms with Crippen LogP contribution in [-0.2, 0) is 6.54 Å². The van der Waals surface area contributed by atoms with Gasteiger partial charge in [-0.25, -0.2) is 4.79 Å². The van der Waals surface area contributed by atoms with Crippen molar-refractivity contribution in [3.05, 3.63) is 21.4 Å². The zero-order valence-corrected chi connectivity index (χ0v) is 11.2. The highest BCUT2D eigenvalue weighted by molar-refractivity contribution is 7.14. The van der Waals surface area contributed by atoms with Crippen molar-refractivity contribution < 1.29 is 15.0 Å². The Morgan fingerprint density at radius 2 is 2.18 bits per heavy atom. The number of hydrogen-bond acceptors (Lipinski definition) is 4. The molecule has 5 heteroatoms. The van der Waals surface area contributed by atoms with Crippen LogP contribution in [0.25, 0.3) is 0 Å². The zero-order chi connectivity index (χ0) is 13.0. The van der Waals surface area contributed by atoms with Gasteiger partial charge in [0.1, 0.15) is 4.88 Å². The van der Waals surface area contributed by atoms with Gasteiger partial charge in [0.2, 0.25) is 0 Å². The minimum atomic E-state index is -0.874. The minimum Gasteiger partial charge on any atom is -0.477 e. The lowest BCUT2D eigenvalue weighted by Crippen LogP contribution is -2.28. The molecular formula is C12H19NO3S. The van der Waals surface area contributed by atoms with E-state index >= 15 is 0 Å². The number of hydrogen-bond donors (Lipinski definition) is 3. The molecule has 17 heavy (non-hydrogen) atoms. The maximum absolute atomic E-state index is 10.8. The van der Waals surface area contributed by atoms with Gasteiger partial charge in [-0.1, -0.05) is 0 Å². The van der Waals surface area contributed by atoms with Gasteiger partial charge in [-0.15, -0.1) is 11.3 Å². The number of carbonyl (C=O) groups is 1. The van der Waals surface area contributed by atoms with Crippen molar-refractivity contribution in [3.8, 4) is 0 Å². The molecular weight excluding hydrogens is 238 g/mol. The Bertz CT molecular complexity index is 387. The Morgan fingerprint density at radius 3 is 2.65 bits per heavy atom. The second kappa shape index (κ2) is 6.14. The van der Waals surface area contributed by atoms with Crippen LogP contribution in [0, 0.1) is 6.92 Å². The van der Waals surface area contributed by atoms with Crippen molar-refractivity contribution in [2.24, 2.45) is 0 Å². The molecule has 0 aliphatic carbocycles. The van der Waals surface area contributed by atoms with E-state index in [4.69, 9.17) is 5.11 Å². The number of carboxylic acids is 1. The van der Waals surface area contributed by atoms with Crippen molar-refractivity contribution in [1.29, 1.82) is 0 Å². The number of aliphatic hydroxyl groups is 1. The van der Waals surface area contributed by atoms with E-state index in [9.17, 15) is 9.90 Å². The molecule has 1 aromatic rings. The first-order valence-corrected chi connectivity index (χ1v) is 6.46. The Kier molecular flexibility index (Phi) is 5.11. The van der Waals surface area contributed by atoms with Gasteiger partial charge in [-0.05, 0) is 38.8 Å². The molecule has 0 saturated carbocycles. The van der Waals surface area contributed by atoms with Gasteiger partial charge in [0.15, 0.2) is 0 Å². The molecule has 0 spiro atoms. The standard InChI is InChI=1S/C12H19NO3S/c1-7(4-8(2)14)13-6-10-5-11(12(15)16)17-9(10)3/h5,7-8,13-14H,4,6H2,1-3H3,(H,15,16). The van der Waals surface area contributed by atoms with Gasteiger partial charge in [-0.2, -0.15) is 0 Å². The molecule has 0 amide bonds. The Morgan fingerprint density at radius 1 is 1.53 bits per heavy atom. The van der Waals surface area contributed by atoms with Gasteiger partial charge in [0.25, 0.3) is 0 Å². The number of nitrogens with one attached hydrogen (secondary N) is 1. The summed E-state index contributed by atoms with van der Waals surface area (Å²) in [6.07, 6.45) is 0.366. The summed E-state index contributed by atoms with van der Waals surface area (Å²) in [7, 11) is 0. The maximum atomic E-state index is 10.8. The summed E-state index contributed by atoms with van der Waals surface area (Å²) in [5.41, 5.74) is 1.02. The van der Waals surface area contributed by atoms with Crippen LogP contribution in [0.2, 0.25) is 0 Å². The highest BCUT2D eigenvalue weighted by Gasteiger charge is 2.12. The summed E-state index contributed by atoms with van der Waals surface area (Å²) >= 11 is 1.30. The monoisotopic (exact) mass is 257 g/mol. The Balaban J connectivity index is 2.54. The van der Waals surface area contributed by atoms with Crippen LogP contribution in [-0.4, -0.2) is 28.3 Å². The van der Waals surface area contributed by atoms with Crippen LogP contribution < -0.4 is 5.32 Å². The molecule has 96 valence electrons. The molecule has 0 aliphatic heterocycles. The molecule has 0 radical (unpaired) electrons. The van der Waals surface area contributed by atoms with Crippen LogP contribution in [0.3, 0.4) is 0 Å². The average molecular weight is 257 g/mol. The smallest absolute Gasteiger partial charge is 0.345 e. The van der Waals surface area contributed by atoms with Gasteiger partial charge < -0.3 is 15.5 Å². The summed E-state index contributed by atoms with van der Waals surface area (Å²) in [5.74, 6) is -0.874. The molecule has 2 atom stereocenters. The summed E-state index contributed by atoms with van der Waals surface area (Å²) in [6.45, 7) is 6.33. The van der Waals surface area contributed by atoms with Crippen molar-refractivity contribution in [2.45, 2.75) is 45.9 Å². The largest absolute Gasteiger partial charge is 0.477 e. The second-order valence-corrected chi connectivity index (χ2v) is 5.62. The molecule has 0 aliphatic rings. The predicted molar refractivity (Wildman–Crippen MR) is 68.6 cm³/mol. The van der Waals surface area contributed by atoms with Crippen LogP contribution in [0.4, 0.5) is 0 Å². The second-order valence-electron chi connectivity index (χ2n) is 4.36. The lowest BCUT2D eigenvalue weighted by Gasteiger charge is -2.15. The summed E-state index contributed by atoms with van der Waals surface area (Å²) < 4.78 is 0. The number of aliphatic hydroxyl groups excluding tert-OH is 1. The number of carboxylic acid groups (broad SMARTS) is 1. The molecule has 0 bridgehead atoms. The normalized spacial score (nSPS) is 14.6. The maximum Gasteiger partial charge on any atom is 0.345 e. The topological polar surface area (TPSA) is 69.6 Å². The van der Waals surface area contributed by atoms with Crippen LogP contribution in [0.5, 0.6) is 0 Å². The van der Waals surface area contributed by atoms with Gasteiger partial charge >= 0.3 is 5.97 Å². The van der Waals surface area contributed by atoms with E-state index in [1.54, 1.807) is 13.0 Å². The first-order chi connectivity index (χ1) is 7.90. The third-order valence-corrected chi connectivity index (χ3v) is 3.65. The van der Waals surface area contributed by atoms with Gasteiger partial charge in [0, 0.05) is 17.5 Å². The predicted octanol–water partition coefficient (Wildman–Crippen LogP) is 2.00. The molecule has 3 N–H and O–H groups in total. The van der Waals surface area contributed by atoms with Crippen LogP contribution in [0.15, 0.2) is 6.07 Å². The van der Waals surface area contributed by atoms with Crippen molar-refractivity contribution >= 4 is 17.3 Å². The quantitative estimate of drug-likeness (QED) is 0.729. The highest BCUT2D eigenvalue weighted by atomic mass is 32.1. The molecule has 0 fully saturated rings. The summed E-state index contributed by atoms with van der Waals surface area (Å²) in [6, 6.07) is 1.92. The first-order valence-electron chi connectivity index (χ1n) is 5.64. The van der Waals surface area contributed by atoms with Crippen LogP contribution in [0.1, 0.15) is 40.4 Å². The third-order valence-electron chi connectivity index (χ3n) is 2.57. The summed E-state index contributed by atoms with van der Waals surface area (Å²) in [5, 5.41) is 21.4. The molecule has 0 aromatic carbocycles. The number of rotatable bonds is 6. The average Bonchev–Trinajstić information content (AvgIpc) is 2.56. The van der Waals surface area contributed by atoms with Crippen molar-refractivity contribution in [3.63, 3.8) is 0 Å². The molecule has 0 saturated heterocycles. The number of aryl methyl sites for hydroxylation is 1. The lowest BCUT2D eigenvalue weighted by molar-refractivity contribution is 0.0702. The van der Waals surface area contributed by atoms with E-state index in [2.05, 4.69) is 5.32 Å². The summed E-state index contributed by atoms with van der Waals surface area (Å²) in [4.78, 5) is 12.2. The molecule has 1 heterocycles. The fourth-order valence-electron chi connectivity index (χ4n) is 1.68. The third kappa shape index (κ3) is 4.46. The van der Waals surface area contributed by atoms with Crippen molar-refractivity contribution in [1.82, 2.24) is 5.32 Å². The van der Waals surface area contributed by atoms with Crippen LogP contribution >= 0.6 is 11.3 Å². The fourth-order valence-corrected chi connectivity index (χ4v) is 2.56. The molecule has 1 aromatic heterocycles. The minimum absolute atomic E-state index is 0.211. The highest BCUT2D eigenvalue weighted by Crippen LogP contribution is 2.21. The van der Waals surface area contributed by atoms with E-state index in [1.165, 1.54) is 11.3 Å². The van der Waals surface area contributed by atoms with E-state index in [1.807, 2.05) is 13.8 Å². The zero-order valence-electron chi connectivity index (χ0n) is 10.4. The van der Waals surface area contributed by atoms with E-state index in [-0.39, 0.29) is 12.1 Å². The number of thiophene rings is 1. The molecule has 2 unspecified atom stereocenters. The SMILES string of the molecule is Cc1sc(C(=O)O)cc1CNC(C)CC(C)O. The Labute approximate surface area is 105 Å². The number of aromatic carboxylic acids is 1. The van der Waals surface area contributed by atoms with Gasteiger partial charge in [0.05, 0.1) is 6.10 Å². The Hall–Kier alpha value is -0.910. The lowest BCUT2D eigenvalue weighted by atomic mass is 10.1.